The zero-order chi connectivity index (χ0) is 13.0. The van der Waals surface area contributed by atoms with Crippen LogP contribution in [0.3, 0.4) is 0 Å². The summed E-state index contributed by atoms with van der Waals surface area (Å²) in [5.41, 5.74) is 1.17. The molecule has 17 heavy (non-hydrogen) atoms. The molecule has 0 bridgehead atoms. The van der Waals surface area contributed by atoms with Gasteiger partial charge in [-0.05, 0) is 38.5 Å². The quantitative estimate of drug-likeness (QED) is 0.798. The first-order valence-electron chi connectivity index (χ1n) is 5.05. The average Bonchev–Trinajstić information content (AvgIpc) is 2.22. The summed E-state index contributed by atoms with van der Waals surface area (Å²) in [7, 11) is -3.58. The van der Waals surface area contributed by atoms with E-state index in [1.165, 1.54) is 13.8 Å². The summed E-state index contributed by atoms with van der Waals surface area (Å²) < 4.78 is 24.4. The summed E-state index contributed by atoms with van der Waals surface area (Å²) in [4.78, 5) is 11.9. The molecule has 1 aromatic rings. The van der Waals surface area contributed by atoms with Crippen LogP contribution in [0.1, 0.15) is 19.4 Å². The van der Waals surface area contributed by atoms with Crippen molar-refractivity contribution in [3.8, 4) is 0 Å². The maximum atomic E-state index is 12.0. The smallest absolute Gasteiger partial charge is 0.263 e. The summed E-state index contributed by atoms with van der Waals surface area (Å²) in [6, 6.07) is 5.22. The minimum atomic E-state index is -3.58. The Bertz CT molecular complexity index is 607. The Labute approximate surface area is 109 Å². The highest BCUT2D eigenvalue weighted by atomic mass is 79.9. The number of halogens is 1. The van der Waals surface area contributed by atoms with E-state index in [1.807, 2.05) is 0 Å². The standard InChI is InChI=1S/C11H12BrNO3S/c1-7-4-5-8(12)6-9(7)13-10(14)11(2,3)17(13,15)16/h4-6H,1-3H3. The third kappa shape index (κ3) is 1.54. The first-order chi connectivity index (χ1) is 7.69. The SMILES string of the molecule is Cc1ccc(Br)cc1N1C(=O)C(C)(C)S1(=O)=O. The van der Waals surface area contributed by atoms with Gasteiger partial charge >= 0.3 is 0 Å². The molecule has 1 aliphatic heterocycles. The lowest BCUT2D eigenvalue weighted by molar-refractivity contribution is -0.120. The number of carbonyl (C=O) groups is 1. The Hall–Kier alpha value is -0.880. The Morgan fingerprint density at radius 3 is 2.41 bits per heavy atom. The van der Waals surface area contributed by atoms with Crippen LogP contribution >= 0.6 is 15.9 Å². The van der Waals surface area contributed by atoms with Gasteiger partial charge in [0.1, 0.15) is 0 Å². The monoisotopic (exact) mass is 317 g/mol. The molecule has 1 aromatic carbocycles. The molecule has 0 N–H and O–H groups in total. The van der Waals surface area contributed by atoms with E-state index >= 15 is 0 Å². The van der Waals surface area contributed by atoms with Crippen LogP contribution in [0.2, 0.25) is 0 Å². The van der Waals surface area contributed by atoms with Gasteiger partial charge in [-0.15, -0.1) is 0 Å². The Morgan fingerprint density at radius 1 is 1.29 bits per heavy atom. The van der Waals surface area contributed by atoms with Crippen molar-refractivity contribution in [3.05, 3.63) is 28.2 Å². The molecule has 0 unspecified atom stereocenters. The third-order valence-electron chi connectivity index (χ3n) is 2.97. The predicted octanol–water partition coefficient (Wildman–Crippen LogP) is 2.21. The number of benzene rings is 1. The van der Waals surface area contributed by atoms with Gasteiger partial charge in [-0.2, -0.15) is 0 Å². The molecule has 1 fully saturated rings. The lowest BCUT2D eigenvalue weighted by Gasteiger charge is -2.43. The van der Waals surface area contributed by atoms with E-state index in [2.05, 4.69) is 15.9 Å². The molecule has 1 amide bonds. The van der Waals surface area contributed by atoms with Gasteiger partial charge in [0, 0.05) is 4.47 Å². The minimum absolute atomic E-state index is 0.390. The van der Waals surface area contributed by atoms with Crippen molar-refractivity contribution < 1.29 is 13.2 Å². The van der Waals surface area contributed by atoms with Crippen LogP contribution < -0.4 is 4.31 Å². The van der Waals surface area contributed by atoms with Gasteiger partial charge in [0.2, 0.25) is 0 Å². The molecule has 0 atom stereocenters. The molecule has 92 valence electrons. The summed E-state index contributed by atoms with van der Waals surface area (Å²) >= 11 is 3.27. The van der Waals surface area contributed by atoms with E-state index in [4.69, 9.17) is 0 Å². The van der Waals surface area contributed by atoms with E-state index in [1.54, 1.807) is 25.1 Å². The third-order valence-corrected chi connectivity index (χ3v) is 5.78. The topological polar surface area (TPSA) is 54.5 Å². The molecule has 0 spiro atoms. The zero-order valence-electron chi connectivity index (χ0n) is 9.69. The van der Waals surface area contributed by atoms with E-state index in [-0.39, 0.29) is 0 Å². The molecule has 6 heteroatoms. The lowest BCUT2D eigenvalue weighted by Crippen LogP contribution is -2.67. The fourth-order valence-electron chi connectivity index (χ4n) is 1.69. The normalized spacial score (nSPS) is 21.2. The maximum absolute atomic E-state index is 12.0. The Balaban J connectivity index is 2.58. The van der Waals surface area contributed by atoms with Gasteiger partial charge in [-0.25, -0.2) is 12.7 Å². The number of hydrogen-bond donors (Lipinski definition) is 0. The molecule has 1 aliphatic rings. The van der Waals surface area contributed by atoms with E-state index < -0.39 is 20.7 Å². The van der Waals surface area contributed by atoms with Crippen molar-refractivity contribution in [2.45, 2.75) is 25.5 Å². The lowest BCUT2D eigenvalue weighted by atomic mass is 10.1. The highest BCUT2D eigenvalue weighted by Crippen LogP contribution is 2.41. The van der Waals surface area contributed by atoms with Gasteiger partial charge in [-0.3, -0.25) is 4.79 Å². The van der Waals surface area contributed by atoms with Gasteiger partial charge in [0.25, 0.3) is 15.9 Å². The molecule has 0 saturated carbocycles. The second kappa shape index (κ2) is 3.55. The number of nitrogens with zero attached hydrogens (tertiary/aromatic N) is 1. The highest BCUT2D eigenvalue weighted by molar-refractivity contribution is 9.10. The first-order valence-corrected chi connectivity index (χ1v) is 7.28. The van der Waals surface area contributed by atoms with Crippen molar-refractivity contribution in [2.75, 3.05) is 4.31 Å². The number of anilines is 1. The molecular weight excluding hydrogens is 306 g/mol. The van der Waals surface area contributed by atoms with Crippen LogP contribution in [-0.2, 0) is 14.8 Å². The van der Waals surface area contributed by atoms with Crippen molar-refractivity contribution in [2.24, 2.45) is 0 Å². The van der Waals surface area contributed by atoms with Crippen molar-refractivity contribution in [1.29, 1.82) is 0 Å². The van der Waals surface area contributed by atoms with Crippen LogP contribution in [0, 0.1) is 6.92 Å². The molecule has 1 heterocycles. The number of rotatable bonds is 1. The van der Waals surface area contributed by atoms with E-state index in [0.29, 0.717) is 5.69 Å². The summed E-state index contributed by atoms with van der Waals surface area (Å²) in [6.07, 6.45) is 0. The number of amides is 1. The zero-order valence-corrected chi connectivity index (χ0v) is 12.1. The van der Waals surface area contributed by atoms with Crippen LogP contribution in [0.25, 0.3) is 0 Å². The van der Waals surface area contributed by atoms with Gasteiger partial charge in [-0.1, -0.05) is 22.0 Å². The summed E-state index contributed by atoms with van der Waals surface area (Å²) in [5.74, 6) is -0.390. The van der Waals surface area contributed by atoms with Crippen molar-refractivity contribution in [3.63, 3.8) is 0 Å². The molecule has 0 aromatic heterocycles. The Kier molecular flexibility index (Phi) is 2.63. The van der Waals surface area contributed by atoms with Gasteiger partial charge in [0.05, 0.1) is 5.69 Å². The van der Waals surface area contributed by atoms with Crippen molar-refractivity contribution in [1.82, 2.24) is 0 Å². The van der Waals surface area contributed by atoms with Crippen LogP contribution in [-0.4, -0.2) is 19.1 Å². The largest absolute Gasteiger partial charge is 0.272 e. The van der Waals surface area contributed by atoms with Crippen LogP contribution in [0.5, 0.6) is 0 Å². The average molecular weight is 318 g/mol. The molecule has 1 saturated heterocycles. The maximum Gasteiger partial charge on any atom is 0.263 e. The number of carbonyl (C=O) groups excluding carboxylic acids is 1. The molecule has 0 aliphatic carbocycles. The summed E-state index contributed by atoms with van der Waals surface area (Å²) in [5, 5.41) is 0. The molecule has 4 nitrogen and oxygen atoms in total. The Morgan fingerprint density at radius 2 is 1.88 bits per heavy atom. The molecule has 0 radical (unpaired) electrons. The number of aryl methyl sites for hydroxylation is 1. The van der Waals surface area contributed by atoms with Gasteiger partial charge in [0.15, 0.2) is 4.75 Å². The van der Waals surface area contributed by atoms with Crippen LogP contribution in [0.15, 0.2) is 22.7 Å². The number of sulfonamides is 1. The minimum Gasteiger partial charge on any atom is -0.272 e. The van der Waals surface area contributed by atoms with E-state index in [0.717, 1.165) is 14.3 Å². The summed E-state index contributed by atoms with van der Waals surface area (Å²) in [6.45, 7) is 4.62. The highest BCUT2D eigenvalue weighted by Gasteiger charge is 2.61. The molecular formula is C11H12BrNO3S. The van der Waals surface area contributed by atoms with Crippen molar-refractivity contribution >= 4 is 37.5 Å². The molecule has 2 rings (SSSR count). The van der Waals surface area contributed by atoms with E-state index in [9.17, 15) is 13.2 Å². The second-order valence-electron chi connectivity index (χ2n) is 4.52. The van der Waals surface area contributed by atoms with Gasteiger partial charge < -0.3 is 0 Å². The predicted molar refractivity (Wildman–Crippen MR) is 69.4 cm³/mol. The number of hydrogen-bond acceptors (Lipinski definition) is 3. The van der Waals surface area contributed by atoms with Crippen LogP contribution in [0.4, 0.5) is 5.69 Å². The second-order valence-corrected chi connectivity index (χ2v) is 7.77. The fourth-order valence-corrected chi connectivity index (χ4v) is 3.58. The first kappa shape index (κ1) is 12.6. The fraction of sp³-hybridized carbons (Fsp3) is 0.364.